The predicted octanol–water partition coefficient (Wildman–Crippen LogP) is 2.59. The van der Waals surface area contributed by atoms with Crippen molar-refractivity contribution in [3.8, 4) is 0 Å². The smallest absolute Gasteiger partial charge is 0.233 e. The second-order valence-corrected chi connectivity index (χ2v) is 6.50. The van der Waals surface area contributed by atoms with Crippen LogP contribution in [0.25, 0.3) is 0 Å². The zero-order valence-corrected chi connectivity index (χ0v) is 12.0. The van der Waals surface area contributed by atoms with Crippen molar-refractivity contribution in [2.45, 2.75) is 54.9 Å². The van der Waals surface area contributed by atoms with Crippen molar-refractivity contribution in [1.29, 1.82) is 0 Å². The molecule has 3 nitrogen and oxygen atoms in total. The Hall–Kier alpha value is -1.00. The van der Waals surface area contributed by atoms with Gasteiger partial charge in [-0.25, -0.2) is 0 Å². The number of benzene rings is 1. The zero-order chi connectivity index (χ0) is 13.7. The topological polar surface area (TPSA) is 49.3 Å². The van der Waals surface area contributed by atoms with Gasteiger partial charge in [-0.05, 0) is 44.7 Å². The molecule has 1 amide bonds. The monoisotopic (exact) mass is 279 g/mol. The number of thioether (sulfide) groups is 1. The van der Waals surface area contributed by atoms with E-state index in [0.29, 0.717) is 0 Å². The summed E-state index contributed by atoms with van der Waals surface area (Å²) in [5.74, 6) is 0.0928. The van der Waals surface area contributed by atoms with Gasteiger partial charge in [0.1, 0.15) is 0 Å². The SMILES string of the molecule is CC(Sc1ccccc1)C(=O)NC1CCC(O)CC1. The normalized spacial score (nSPS) is 24.7. The quantitative estimate of drug-likeness (QED) is 0.833. The standard InChI is InChI=1S/C15H21NO2S/c1-11(19-14-5-3-2-4-6-14)15(18)16-12-7-9-13(17)10-8-12/h2-6,11-13,17H,7-10H2,1H3,(H,16,18). The van der Waals surface area contributed by atoms with Crippen LogP contribution >= 0.6 is 11.8 Å². The van der Waals surface area contributed by atoms with Crippen LogP contribution in [0.2, 0.25) is 0 Å². The first-order chi connectivity index (χ1) is 9.15. The van der Waals surface area contributed by atoms with Crippen LogP contribution in [0.5, 0.6) is 0 Å². The minimum absolute atomic E-state index is 0.0887. The second-order valence-electron chi connectivity index (χ2n) is 5.09. The molecule has 2 rings (SSSR count). The number of carbonyl (C=O) groups excluding carboxylic acids is 1. The largest absolute Gasteiger partial charge is 0.393 e. The highest BCUT2D eigenvalue weighted by Crippen LogP contribution is 2.24. The number of aliphatic hydroxyl groups excluding tert-OH is 1. The Labute approximate surface area is 118 Å². The van der Waals surface area contributed by atoms with Gasteiger partial charge in [0.25, 0.3) is 0 Å². The lowest BCUT2D eigenvalue weighted by Crippen LogP contribution is -2.41. The van der Waals surface area contributed by atoms with Crippen molar-refractivity contribution in [1.82, 2.24) is 5.32 Å². The molecular formula is C15H21NO2S. The molecule has 104 valence electrons. The molecule has 0 aliphatic heterocycles. The highest BCUT2D eigenvalue weighted by atomic mass is 32.2. The molecule has 0 heterocycles. The summed E-state index contributed by atoms with van der Waals surface area (Å²) in [6, 6.07) is 10.2. The second kappa shape index (κ2) is 6.96. The van der Waals surface area contributed by atoms with Crippen molar-refractivity contribution in [2.75, 3.05) is 0 Å². The molecule has 0 aromatic heterocycles. The predicted molar refractivity (Wildman–Crippen MR) is 78.2 cm³/mol. The summed E-state index contributed by atoms with van der Waals surface area (Å²) < 4.78 is 0. The molecule has 1 aliphatic rings. The average molecular weight is 279 g/mol. The van der Waals surface area contributed by atoms with E-state index in [-0.39, 0.29) is 23.3 Å². The highest BCUT2D eigenvalue weighted by molar-refractivity contribution is 8.00. The fraction of sp³-hybridized carbons (Fsp3) is 0.533. The van der Waals surface area contributed by atoms with E-state index >= 15 is 0 Å². The van der Waals surface area contributed by atoms with Crippen LogP contribution in [-0.4, -0.2) is 28.4 Å². The molecule has 0 spiro atoms. The zero-order valence-electron chi connectivity index (χ0n) is 11.2. The first kappa shape index (κ1) is 14.4. The molecule has 1 atom stereocenters. The molecule has 1 saturated carbocycles. The molecule has 0 bridgehead atoms. The van der Waals surface area contributed by atoms with E-state index in [2.05, 4.69) is 5.32 Å². The number of nitrogens with one attached hydrogen (secondary N) is 1. The van der Waals surface area contributed by atoms with Crippen LogP contribution in [0.4, 0.5) is 0 Å². The molecule has 0 saturated heterocycles. The van der Waals surface area contributed by atoms with E-state index < -0.39 is 0 Å². The number of aliphatic hydroxyl groups is 1. The summed E-state index contributed by atoms with van der Waals surface area (Å²) >= 11 is 1.58. The van der Waals surface area contributed by atoms with Gasteiger partial charge in [0.2, 0.25) is 5.91 Å². The number of carbonyl (C=O) groups is 1. The van der Waals surface area contributed by atoms with Crippen molar-refractivity contribution in [3.63, 3.8) is 0 Å². The molecule has 1 aliphatic carbocycles. The Bertz CT molecular complexity index is 402. The number of rotatable bonds is 4. The van der Waals surface area contributed by atoms with Crippen molar-refractivity contribution in [2.24, 2.45) is 0 Å². The first-order valence-electron chi connectivity index (χ1n) is 6.85. The lowest BCUT2D eigenvalue weighted by Gasteiger charge is -2.27. The maximum Gasteiger partial charge on any atom is 0.233 e. The molecule has 1 aromatic carbocycles. The summed E-state index contributed by atoms with van der Waals surface area (Å²) in [5, 5.41) is 12.4. The van der Waals surface area contributed by atoms with Crippen LogP contribution in [0.15, 0.2) is 35.2 Å². The van der Waals surface area contributed by atoms with E-state index in [4.69, 9.17) is 0 Å². The van der Waals surface area contributed by atoms with Gasteiger partial charge in [0, 0.05) is 10.9 Å². The van der Waals surface area contributed by atoms with Gasteiger partial charge in [-0.15, -0.1) is 11.8 Å². The molecule has 2 N–H and O–H groups in total. The molecule has 1 fully saturated rings. The fourth-order valence-corrected chi connectivity index (χ4v) is 3.19. The lowest BCUT2D eigenvalue weighted by molar-refractivity contribution is -0.121. The first-order valence-corrected chi connectivity index (χ1v) is 7.73. The lowest BCUT2D eigenvalue weighted by atomic mass is 9.93. The van der Waals surface area contributed by atoms with Crippen LogP contribution in [0, 0.1) is 0 Å². The third-order valence-corrected chi connectivity index (χ3v) is 4.58. The highest BCUT2D eigenvalue weighted by Gasteiger charge is 2.23. The minimum atomic E-state index is -0.177. The van der Waals surface area contributed by atoms with Crippen LogP contribution in [-0.2, 0) is 4.79 Å². The number of hydrogen-bond donors (Lipinski definition) is 2. The molecule has 1 aromatic rings. The summed E-state index contributed by atoms with van der Waals surface area (Å²) in [5.41, 5.74) is 0. The van der Waals surface area contributed by atoms with Crippen molar-refractivity contribution < 1.29 is 9.90 Å². The summed E-state index contributed by atoms with van der Waals surface area (Å²) in [7, 11) is 0. The maximum atomic E-state index is 12.1. The van der Waals surface area contributed by atoms with Crippen LogP contribution < -0.4 is 5.32 Å². The van der Waals surface area contributed by atoms with Gasteiger partial charge in [0.05, 0.1) is 11.4 Å². The van der Waals surface area contributed by atoms with E-state index in [9.17, 15) is 9.90 Å². The van der Waals surface area contributed by atoms with Gasteiger partial charge >= 0.3 is 0 Å². The van der Waals surface area contributed by atoms with Gasteiger partial charge in [-0.3, -0.25) is 4.79 Å². The number of hydrogen-bond acceptors (Lipinski definition) is 3. The Kier molecular flexibility index (Phi) is 5.28. The Morgan fingerprint density at radius 1 is 1.26 bits per heavy atom. The Morgan fingerprint density at radius 2 is 1.89 bits per heavy atom. The van der Waals surface area contributed by atoms with Crippen LogP contribution in [0.1, 0.15) is 32.6 Å². The van der Waals surface area contributed by atoms with Gasteiger partial charge in [0.15, 0.2) is 0 Å². The third-order valence-electron chi connectivity index (χ3n) is 3.47. The van der Waals surface area contributed by atoms with E-state index in [0.717, 1.165) is 30.6 Å². The minimum Gasteiger partial charge on any atom is -0.393 e. The Balaban J connectivity index is 1.79. The third kappa shape index (κ3) is 4.55. The molecule has 0 radical (unpaired) electrons. The van der Waals surface area contributed by atoms with Gasteiger partial charge < -0.3 is 10.4 Å². The van der Waals surface area contributed by atoms with Gasteiger partial charge in [-0.1, -0.05) is 18.2 Å². The van der Waals surface area contributed by atoms with Gasteiger partial charge in [-0.2, -0.15) is 0 Å². The summed E-state index contributed by atoms with van der Waals surface area (Å²) in [6.07, 6.45) is 3.19. The summed E-state index contributed by atoms with van der Waals surface area (Å²) in [4.78, 5) is 13.2. The average Bonchev–Trinajstić information content (AvgIpc) is 2.42. The number of amides is 1. The van der Waals surface area contributed by atoms with Crippen LogP contribution in [0.3, 0.4) is 0 Å². The summed E-state index contributed by atoms with van der Waals surface area (Å²) in [6.45, 7) is 1.94. The van der Waals surface area contributed by atoms with E-state index in [1.165, 1.54) is 0 Å². The Morgan fingerprint density at radius 3 is 2.53 bits per heavy atom. The van der Waals surface area contributed by atoms with E-state index in [1.807, 2.05) is 37.3 Å². The van der Waals surface area contributed by atoms with E-state index in [1.54, 1.807) is 11.8 Å². The molecule has 1 unspecified atom stereocenters. The molecular weight excluding hydrogens is 258 g/mol. The van der Waals surface area contributed by atoms with Crippen molar-refractivity contribution in [3.05, 3.63) is 30.3 Å². The maximum absolute atomic E-state index is 12.1. The van der Waals surface area contributed by atoms with Crippen molar-refractivity contribution >= 4 is 17.7 Å². The molecule has 19 heavy (non-hydrogen) atoms. The fourth-order valence-electron chi connectivity index (χ4n) is 2.30. The molecule has 4 heteroatoms.